The molecular weight excluding hydrogens is 304 g/mol. The standard InChI is InChI=1S/C18H24N4O2/c1-2-6-16-20-17(24-21-16)13-22-11-9-15(10-12-22)19-18(23)14-7-4-3-5-8-14/h3-5,7-8,15H,2,6,9-13H2,1H3,(H,19,23). The third kappa shape index (κ3) is 4.41. The van der Waals surface area contributed by atoms with Gasteiger partial charge in [-0.2, -0.15) is 4.98 Å². The Balaban J connectivity index is 1.44. The summed E-state index contributed by atoms with van der Waals surface area (Å²) in [6.45, 7) is 4.64. The predicted molar refractivity (Wildman–Crippen MR) is 90.5 cm³/mol. The minimum atomic E-state index is 0.00941. The van der Waals surface area contributed by atoms with Gasteiger partial charge >= 0.3 is 0 Å². The maximum absolute atomic E-state index is 12.2. The summed E-state index contributed by atoms with van der Waals surface area (Å²) in [5.41, 5.74) is 0.717. The molecule has 0 aliphatic carbocycles. The molecule has 1 aromatic heterocycles. The number of hydrogen-bond acceptors (Lipinski definition) is 5. The summed E-state index contributed by atoms with van der Waals surface area (Å²) in [5.74, 6) is 1.48. The van der Waals surface area contributed by atoms with E-state index in [-0.39, 0.29) is 11.9 Å². The van der Waals surface area contributed by atoms with E-state index in [2.05, 4.69) is 27.3 Å². The number of benzene rings is 1. The van der Waals surface area contributed by atoms with Gasteiger partial charge < -0.3 is 9.84 Å². The summed E-state index contributed by atoms with van der Waals surface area (Å²) >= 11 is 0. The van der Waals surface area contributed by atoms with E-state index in [4.69, 9.17) is 4.52 Å². The zero-order valence-corrected chi connectivity index (χ0v) is 14.1. The van der Waals surface area contributed by atoms with Gasteiger partial charge in [0, 0.05) is 31.1 Å². The van der Waals surface area contributed by atoms with Crippen molar-refractivity contribution in [2.24, 2.45) is 0 Å². The number of hydrogen-bond donors (Lipinski definition) is 1. The van der Waals surface area contributed by atoms with Crippen LogP contribution in [0.4, 0.5) is 0 Å². The van der Waals surface area contributed by atoms with Gasteiger partial charge in [-0.25, -0.2) is 0 Å². The molecule has 1 fully saturated rings. The lowest BCUT2D eigenvalue weighted by Crippen LogP contribution is -2.44. The van der Waals surface area contributed by atoms with Crippen LogP contribution in [0.3, 0.4) is 0 Å². The normalized spacial score (nSPS) is 16.2. The van der Waals surface area contributed by atoms with Crippen molar-refractivity contribution in [3.05, 3.63) is 47.6 Å². The van der Waals surface area contributed by atoms with Gasteiger partial charge in [0.25, 0.3) is 5.91 Å². The van der Waals surface area contributed by atoms with Gasteiger partial charge in [-0.05, 0) is 31.4 Å². The molecule has 128 valence electrons. The average molecular weight is 328 g/mol. The smallest absolute Gasteiger partial charge is 0.251 e. The highest BCUT2D eigenvalue weighted by Gasteiger charge is 2.22. The Labute approximate surface area is 142 Å². The van der Waals surface area contributed by atoms with Crippen molar-refractivity contribution >= 4 is 5.91 Å². The number of carbonyl (C=O) groups excluding carboxylic acids is 1. The lowest BCUT2D eigenvalue weighted by molar-refractivity contribution is 0.0904. The number of aromatic nitrogens is 2. The number of nitrogens with one attached hydrogen (secondary N) is 1. The first kappa shape index (κ1) is 16.6. The van der Waals surface area contributed by atoms with E-state index in [0.717, 1.165) is 44.6 Å². The Kier molecular flexibility index (Phi) is 5.59. The molecule has 0 bridgehead atoms. The highest BCUT2D eigenvalue weighted by atomic mass is 16.5. The highest BCUT2D eigenvalue weighted by Crippen LogP contribution is 2.14. The van der Waals surface area contributed by atoms with Crippen molar-refractivity contribution in [1.82, 2.24) is 20.4 Å². The number of aryl methyl sites for hydroxylation is 1. The fourth-order valence-corrected chi connectivity index (χ4v) is 2.96. The van der Waals surface area contributed by atoms with Gasteiger partial charge in [0.2, 0.25) is 5.89 Å². The van der Waals surface area contributed by atoms with Crippen molar-refractivity contribution in [1.29, 1.82) is 0 Å². The lowest BCUT2D eigenvalue weighted by atomic mass is 10.0. The fourth-order valence-electron chi connectivity index (χ4n) is 2.96. The fraction of sp³-hybridized carbons (Fsp3) is 0.500. The molecule has 2 heterocycles. The second-order valence-electron chi connectivity index (χ2n) is 6.24. The number of likely N-dealkylation sites (tertiary alicyclic amines) is 1. The highest BCUT2D eigenvalue weighted by molar-refractivity contribution is 5.94. The van der Waals surface area contributed by atoms with Crippen molar-refractivity contribution in [3.63, 3.8) is 0 Å². The molecule has 2 aromatic rings. The molecule has 1 N–H and O–H groups in total. The van der Waals surface area contributed by atoms with Gasteiger partial charge in [0.05, 0.1) is 6.54 Å². The number of amides is 1. The Morgan fingerprint density at radius 2 is 2.04 bits per heavy atom. The van der Waals surface area contributed by atoms with Crippen LogP contribution in [-0.2, 0) is 13.0 Å². The predicted octanol–water partition coefficient (Wildman–Crippen LogP) is 2.42. The summed E-state index contributed by atoms with van der Waals surface area (Å²) in [4.78, 5) is 18.9. The first-order chi connectivity index (χ1) is 11.7. The molecule has 3 rings (SSSR count). The van der Waals surface area contributed by atoms with Gasteiger partial charge in [-0.1, -0.05) is 30.3 Å². The van der Waals surface area contributed by atoms with Gasteiger partial charge in [0.1, 0.15) is 0 Å². The van der Waals surface area contributed by atoms with Crippen LogP contribution in [0.5, 0.6) is 0 Å². The van der Waals surface area contributed by atoms with Crippen LogP contribution in [0.1, 0.15) is 48.3 Å². The molecule has 0 radical (unpaired) electrons. The third-order valence-electron chi connectivity index (χ3n) is 4.30. The zero-order chi connectivity index (χ0) is 16.8. The first-order valence-corrected chi connectivity index (χ1v) is 8.64. The summed E-state index contributed by atoms with van der Waals surface area (Å²) in [5, 5.41) is 7.11. The summed E-state index contributed by atoms with van der Waals surface area (Å²) in [7, 11) is 0. The van der Waals surface area contributed by atoms with E-state index in [1.165, 1.54) is 0 Å². The number of rotatable bonds is 6. The molecule has 0 spiro atoms. The van der Waals surface area contributed by atoms with E-state index in [1.54, 1.807) is 0 Å². The van der Waals surface area contributed by atoms with Crippen LogP contribution >= 0.6 is 0 Å². The molecule has 1 aromatic carbocycles. The van der Waals surface area contributed by atoms with Gasteiger partial charge in [0.15, 0.2) is 5.82 Å². The monoisotopic (exact) mass is 328 g/mol. The minimum absolute atomic E-state index is 0.00941. The van der Waals surface area contributed by atoms with E-state index < -0.39 is 0 Å². The first-order valence-electron chi connectivity index (χ1n) is 8.64. The van der Waals surface area contributed by atoms with Crippen molar-refractivity contribution < 1.29 is 9.32 Å². The van der Waals surface area contributed by atoms with Crippen LogP contribution in [-0.4, -0.2) is 40.1 Å². The van der Waals surface area contributed by atoms with E-state index >= 15 is 0 Å². The second kappa shape index (κ2) is 8.06. The topological polar surface area (TPSA) is 71.3 Å². The van der Waals surface area contributed by atoms with E-state index in [9.17, 15) is 4.79 Å². The Morgan fingerprint density at radius 1 is 1.29 bits per heavy atom. The average Bonchev–Trinajstić information content (AvgIpc) is 3.05. The molecule has 1 aliphatic rings. The Morgan fingerprint density at radius 3 is 2.75 bits per heavy atom. The SMILES string of the molecule is CCCc1noc(CN2CCC(NC(=O)c3ccccc3)CC2)n1. The number of piperidine rings is 1. The summed E-state index contributed by atoms with van der Waals surface area (Å²) in [6, 6.07) is 9.59. The molecule has 0 atom stereocenters. The van der Waals surface area contributed by atoms with Crippen LogP contribution in [0.2, 0.25) is 0 Å². The Bertz CT molecular complexity index is 648. The minimum Gasteiger partial charge on any atom is -0.349 e. The second-order valence-corrected chi connectivity index (χ2v) is 6.24. The molecule has 1 aliphatic heterocycles. The van der Waals surface area contributed by atoms with Crippen LogP contribution < -0.4 is 5.32 Å². The molecule has 1 saturated heterocycles. The van der Waals surface area contributed by atoms with Gasteiger partial charge in [-0.3, -0.25) is 9.69 Å². The molecule has 24 heavy (non-hydrogen) atoms. The molecule has 6 nitrogen and oxygen atoms in total. The Hall–Kier alpha value is -2.21. The van der Waals surface area contributed by atoms with Crippen LogP contribution in [0, 0.1) is 0 Å². The molecule has 0 saturated carbocycles. The van der Waals surface area contributed by atoms with Gasteiger partial charge in [-0.15, -0.1) is 0 Å². The largest absolute Gasteiger partial charge is 0.349 e. The summed E-state index contributed by atoms with van der Waals surface area (Å²) in [6.07, 6.45) is 3.76. The third-order valence-corrected chi connectivity index (χ3v) is 4.30. The maximum Gasteiger partial charge on any atom is 0.251 e. The lowest BCUT2D eigenvalue weighted by Gasteiger charge is -2.31. The van der Waals surface area contributed by atoms with Crippen LogP contribution in [0.15, 0.2) is 34.9 Å². The zero-order valence-electron chi connectivity index (χ0n) is 14.1. The number of nitrogens with zero attached hydrogens (tertiary/aromatic N) is 3. The van der Waals surface area contributed by atoms with E-state index in [1.807, 2.05) is 30.3 Å². The van der Waals surface area contributed by atoms with Crippen molar-refractivity contribution in [2.45, 2.75) is 45.2 Å². The van der Waals surface area contributed by atoms with Crippen LogP contribution in [0.25, 0.3) is 0 Å². The number of carbonyl (C=O) groups is 1. The van der Waals surface area contributed by atoms with Crippen molar-refractivity contribution in [2.75, 3.05) is 13.1 Å². The molecule has 1 amide bonds. The molecular formula is C18H24N4O2. The molecule has 6 heteroatoms. The van der Waals surface area contributed by atoms with E-state index in [0.29, 0.717) is 18.0 Å². The quantitative estimate of drug-likeness (QED) is 0.882. The van der Waals surface area contributed by atoms with Crippen molar-refractivity contribution in [3.8, 4) is 0 Å². The molecule has 0 unspecified atom stereocenters. The summed E-state index contributed by atoms with van der Waals surface area (Å²) < 4.78 is 5.30. The maximum atomic E-state index is 12.2.